The highest BCUT2D eigenvalue weighted by atomic mass is 32.1. The quantitative estimate of drug-likeness (QED) is 0.331. The molecule has 0 fully saturated rings. The third kappa shape index (κ3) is 2.51. The molecule has 0 N–H and O–H groups in total. The average molecular weight is 351 g/mol. The zero-order valence-corrected chi connectivity index (χ0v) is 15.3. The first-order valence-corrected chi connectivity index (χ1v) is 9.55. The van der Waals surface area contributed by atoms with Crippen LogP contribution in [0.15, 0.2) is 85.1 Å². The van der Waals surface area contributed by atoms with Crippen LogP contribution in [0.25, 0.3) is 42.6 Å². The van der Waals surface area contributed by atoms with Crippen LogP contribution in [0.5, 0.6) is 0 Å². The second kappa shape index (κ2) is 6.08. The topological polar surface area (TPSA) is 12.9 Å². The van der Waals surface area contributed by atoms with Crippen LogP contribution in [0.2, 0.25) is 0 Å². The molecule has 2 aromatic heterocycles. The zero-order valence-electron chi connectivity index (χ0n) is 14.4. The predicted octanol–water partition coefficient (Wildman–Crippen LogP) is 7.09. The van der Waals surface area contributed by atoms with E-state index in [1.54, 1.807) is 0 Å². The molecular formula is C24H17NS. The number of rotatable bonds is 2. The smallest absolute Gasteiger partial charge is 0.0704 e. The van der Waals surface area contributed by atoms with Crippen LogP contribution < -0.4 is 0 Å². The zero-order chi connectivity index (χ0) is 17.5. The fourth-order valence-corrected chi connectivity index (χ4v) is 4.75. The Labute approximate surface area is 156 Å². The Balaban J connectivity index is 1.72. The first-order valence-electron chi connectivity index (χ1n) is 8.73. The lowest BCUT2D eigenvalue weighted by molar-refractivity contribution is 1.29. The number of benzene rings is 3. The van der Waals surface area contributed by atoms with Gasteiger partial charge in [0.1, 0.15) is 0 Å². The fourth-order valence-electron chi connectivity index (χ4n) is 3.51. The van der Waals surface area contributed by atoms with Crippen LogP contribution in [-0.2, 0) is 0 Å². The second-order valence-corrected chi connectivity index (χ2v) is 7.63. The molecule has 3 aromatic carbocycles. The molecule has 0 amide bonds. The Morgan fingerprint density at radius 3 is 2.46 bits per heavy atom. The lowest BCUT2D eigenvalue weighted by atomic mass is 9.99. The molecule has 0 saturated heterocycles. The minimum absolute atomic E-state index is 1.02. The number of aromatic nitrogens is 1. The van der Waals surface area contributed by atoms with Crippen molar-refractivity contribution in [2.45, 2.75) is 6.92 Å². The Morgan fingerprint density at radius 1 is 0.731 bits per heavy atom. The molecule has 2 heterocycles. The van der Waals surface area contributed by atoms with Gasteiger partial charge in [-0.25, -0.2) is 0 Å². The van der Waals surface area contributed by atoms with Crippen LogP contribution in [0.4, 0.5) is 0 Å². The van der Waals surface area contributed by atoms with Gasteiger partial charge in [0.2, 0.25) is 0 Å². The van der Waals surface area contributed by atoms with E-state index in [-0.39, 0.29) is 0 Å². The van der Waals surface area contributed by atoms with E-state index in [9.17, 15) is 0 Å². The van der Waals surface area contributed by atoms with Crippen molar-refractivity contribution in [3.8, 4) is 22.4 Å². The number of aryl methyl sites for hydroxylation is 1. The third-order valence-corrected chi connectivity index (χ3v) is 6.01. The van der Waals surface area contributed by atoms with Gasteiger partial charge in [0.05, 0.1) is 5.69 Å². The van der Waals surface area contributed by atoms with E-state index < -0.39 is 0 Å². The van der Waals surface area contributed by atoms with E-state index in [1.807, 2.05) is 23.6 Å². The van der Waals surface area contributed by atoms with Crippen LogP contribution in [-0.4, -0.2) is 4.98 Å². The van der Waals surface area contributed by atoms with Crippen molar-refractivity contribution in [2.24, 2.45) is 0 Å². The van der Waals surface area contributed by atoms with E-state index >= 15 is 0 Å². The lowest BCUT2D eigenvalue weighted by Gasteiger charge is -2.07. The van der Waals surface area contributed by atoms with Gasteiger partial charge in [-0.15, -0.1) is 11.3 Å². The maximum absolute atomic E-state index is 4.54. The number of fused-ring (bicyclic) bond motifs is 3. The first kappa shape index (κ1) is 15.3. The molecule has 0 saturated carbocycles. The average Bonchev–Trinajstić information content (AvgIpc) is 3.07. The minimum atomic E-state index is 1.02. The molecule has 0 atom stereocenters. The van der Waals surface area contributed by atoms with Crippen LogP contribution in [0, 0.1) is 6.92 Å². The molecule has 1 nitrogen and oxygen atoms in total. The number of pyridine rings is 1. The molecule has 0 bridgehead atoms. The molecule has 0 aliphatic rings. The summed E-state index contributed by atoms with van der Waals surface area (Å²) in [5, 5.41) is 2.67. The Hall–Kier alpha value is -2.97. The standard InChI is InChI=1S/C24H17NS/c1-16-12-13-25-22(14-16)18-7-4-6-17(15-18)19-9-5-10-21-20-8-2-3-11-23(20)26-24(19)21/h2-15H,1H3. The fraction of sp³-hybridized carbons (Fsp3) is 0.0417. The summed E-state index contributed by atoms with van der Waals surface area (Å²) in [5.41, 5.74) is 5.94. The molecule has 0 aliphatic heterocycles. The summed E-state index contributed by atoms with van der Waals surface area (Å²) in [6, 6.07) is 28.1. The van der Waals surface area contributed by atoms with Gasteiger partial charge in [-0.05, 0) is 47.9 Å². The highest BCUT2D eigenvalue weighted by Crippen LogP contribution is 2.40. The van der Waals surface area contributed by atoms with Crippen LogP contribution >= 0.6 is 11.3 Å². The highest BCUT2D eigenvalue weighted by molar-refractivity contribution is 7.26. The number of hydrogen-bond acceptors (Lipinski definition) is 2. The predicted molar refractivity (Wildman–Crippen MR) is 113 cm³/mol. The van der Waals surface area contributed by atoms with Crippen molar-refractivity contribution in [1.29, 1.82) is 0 Å². The van der Waals surface area contributed by atoms with Crippen molar-refractivity contribution < 1.29 is 0 Å². The number of thiophene rings is 1. The SMILES string of the molecule is Cc1ccnc(-c2cccc(-c3cccc4c3sc3ccccc34)c2)c1. The van der Waals surface area contributed by atoms with Crippen LogP contribution in [0.1, 0.15) is 5.56 Å². The van der Waals surface area contributed by atoms with Gasteiger partial charge in [-0.1, -0.05) is 54.6 Å². The van der Waals surface area contributed by atoms with E-state index in [2.05, 4.69) is 84.7 Å². The lowest BCUT2D eigenvalue weighted by Crippen LogP contribution is -1.86. The van der Waals surface area contributed by atoms with Gasteiger partial charge in [-0.3, -0.25) is 4.98 Å². The van der Waals surface area contributed by atoms with Crippen molar-refractivity contribution in [3.05, 3.63) is 90.6 Å². The molecule has 0 radical (unpaired) electrons. The summed E-state index contributed by atoms with van der Waals surface area (Å²) in [5.74, 6) is 0. The van der Waals surface area contributed by atoms with Crippen molar-refractivity contribution >= 4 is 31.5 Å². The van der Waals surface area contributed by atoms with E-state index in [4.69, 9.17) is 0 Å². The summed E-state index contributed by atoms with van der Waals surface area (Å²) >= 11 is 1.87. The third-order valence-electron chi connectivity index (χ3n) is 4.79. The van der Waals surface area contributed by atoms with E-state index in [1.165, 1.54) is 36.9 Å². The normalized spacial score (nSPS) is 11.3. The minimum Gasteiger partial charge on any atom is -0.256 e. The molecule has 2 heteroatoms. The Kier molecular flexibility index (Phi) is 3.58. The number of hydrogen-bond donors (Lipinski definition) is 0. The largest absolute Gasteiger partial charge is 0.256 e. The Bertz CT molecular complexity index is 1250. The Morgan fingerprint density at radius 2 is 1.54 bits per heavy atom. The van der Waals surface area contributed by atoms with E-state index in [0.29, 0.717) is 0 Å². The molecule has 0 aliphatic carbocycles. The summed E-state index contributed by atoms with van der Waals surface area (Å²) in [4.78, 5) is 4.54. The molecule has 5 aromatic rings. The maximum atomic E-state index is 4.54. The molecule has 124 valence electrons. The van der Waals surface area contributed by atoms with Gasteiger partial charge >= 0.3 is 0 Å². The van der Waals surface area contributed by atoms with Crippen molar-refractivity contribution in [3.63, 3.8) is 0 Å². The van der Waals surface area contributed by atoms with Gasteiger partial charge < -0.3 is 0 Å². The van der Waals surface area contributed by atoms with E-state index in [0.717, 1.165) is 11.3 Å². The van der Waals surface area contributed by atoms with Crippen molar-refractivity contribution in [1.82, 2.24) is 4.98 Å². The summed E-state index contributed by atoms with van der Waals surface area (Å²) < 4.78 is 2.69. The second-order valence-electron chi connectivity index (χ2n) is 6.58. The first-order chi connectivity index (χ1) is 12.8. The number of nitrogens with zero attached hydrogens (tertiary/aromatic N) is 1. The van der Waals surface area contributed by atoms with Crippen molar-refractivity contribution in [2.75, 3.05) is 0 Å². The molecule has 26 heavy (non-hydrogen) atoms. The van der Waals surface area contributed by atoms with Gasteiger partial charge in [0, 0.05) is 31.9 Å². The van der Waals surface area contributed by atoms with Gasteiger partial charge in [0.15, 0.2) is 0 Å². The van der Waals surface area contributed by atoms with Gasteiger partial charge in [-0.2, -0.15) is 0 Å². The monoisotopic (exact) mass is 351 g/mol. The molecule has 0 unspecified atom stereocenters. The summed E-state index contributed by atoms with van der Waals surface area (Å²) in [6.45, 7) is 2.10. The van der Waals surface area contributed by atoms with Gasteiger partial charge in [0.25, 0.3) is 0 Å². The molecule has 5 rings (SSSR count). The molecule has 0 spiro atoms. The summed E-state index contributed by atoms with van der Waals surface area (Å²) in [7, 11) is 0. The highest BCUT2D eigenvalue weighted by Gasteiger charge is 2.10. The maximum Gasteiger partial charge on any atom is 0.0704 e. The molecular weight excluding hydrogens is 334 g/mol. The van der Waals surface area contributed by atoms with Crippen LogP contribution in [0.3, 0.4) is 0 Å². The summed E-state index contributed by atoms with van der Waals surface area (Å²) in [6.07, 6.45) is 1.88.